The molecule has 0 bridgehead atoms. The van der Waals surface area contributed by atoms with Crippen molar-refractivity contribution < 1.29 is 47.9 Å². The Kier molecular flexibility index (Phi) is 23.8. The van der Waals surface area contributed by atoms with E-state index in [0.717, 1.165) is 35.3 Å². The van der Waals surface area contributed by atoms with Crippen molar-refractivity contribution in [3.8, 4) is 0 Å². The van der Waals surface area contributed by atoms with E-state index in [1.165, 1.54) is 6.92 Å². The predicted molar refractivity (Wildman–Crippen MR) is 277 cm³/mol. The van der Waals surface area contributed by atoms with Gasteiger partial charge >= 0.3 is 11.9 Å². The fourth-order valence-electron chi connectivity index (χ4n) is 8.36. The van der Waals surface area contributed by atoms with Crippen molar-refractivity contribution in [3.63, 3.8) is 0 Å². The second-order valence-electron chi connectivity index (χ2n) is 20.1. The maximum atomic E-state index is 14.6. The molecule has 0 aliphatic carbocycles. The molecule has 0 spiro atoms. The smallest absolute Gasteiger partial charge is 0.306 e. The Morgan fingerprint density at radius 2 is 1.49 bits per heavy atom. The van der Waals surface area contributed by atoms with Crippen LogP contribution >= 0.6 is 11.3 Å². The highest BCUT2D eigenvalue weighted by Crippen LogP contribution is 2.31. The first-order valence-electron chi connectivity index (χ1n) is 24.9. The van der Waals surface area contributed by atoms with Gasteiger partial charge in [0.25, 0.3) is 11.8 Å². The Bertz CT molecular complexity index is 2220. The number of nitrogens with two attached hydrogens (primary N) is 1. The number of likely N-dealkylation sites (N-methyl/N-ethyl adjacent to an activating group) is 2. The van der Waals surface area contributed by atoms with Crippen molar-refractivity contribution in [3.05, 3.63) is 81.8 Å². The summed E-state index contributed by atoms with van der Waals surface area (Å²) < 4.78 is 6.20. The summed E-state index contributed by atoms with van der Waals surface area (Å²) in [6.45, 7) is 19.4. The van der Waals surface area contributed by atoms with Gasteiger partial charge < -0.3 is 46.2 Å². The second-order valence-corrected chi connectivity index (χ2v) is 21.0. The van der Waals surface area contributed by atoms with Gasteiger partial charge in [0.15, 0.2) is 12.6 Å². The number of anilines is 1. The molecular formula is C53H81N8O9S+. The van der Waals surface area contributed by atoms with Crippen LogP contribution in [0.15, 0.2) is 60.0 Å². The Morgan fingerprint density at radius 1 is 0.845 bits per heavy atom. The maximum absolute atomic E-state index is 14.6. The number of esters is 1. The molecular weight excluding hydrogens is 925 g/mol. The minimum atomic E-state index is -0.965. The Balaban J connectivity index is 1.78. The summed E-state index contributed by atoms with van der Waals surface area (Å²) in [5.41, 5.74) is 8.48. The molecule has 0 saturated heterocycles. The molecule has 2 aromatic carbocycles. The average Bonchev–Trinajstić information content (AvgIpc) is 3.82. The van der Waals surface area contributed by atoms with Gasteiger partial charge in [0, 0.05) is 49.1 Å². The highest BCUT2D eigenvalue weighted by Gasteiger charge is 2.37. The number of unbranched alkanes of at least 4 members (excludes halogenated alkanes) is 1. The molecule has 1 aromatic heterocycles. The lowest BCUT2D eigenvalue weighted by atomic mass is 9.93. The largest absolute Gasteiger partial charge is 0.481 e. The first kappa shape index (κ1) is 59.6. The van der Waals surface area contributed by atoms with Gasteiger partial charge in [-0.3, -0.25) is 33.6 Å². The van der Waals surface area contributed by atoms with Crippen LogP contribution in [0.2, 0.25) is 0 Å². The standard InChI is InChI=1S/C53H80N8O9S/c1-13-15-25-61(12,29-39-21-23-40(24-22-39)56-48(64)36(9)55-50(66)46(54)33(5)6)30-45(63)59-47(34(7)14-2)52(67)60(11)43(32(3)4)28-44(70-37(10)62)51-58-42(31-71-51)49(65)57-41(26-35(8)53(68)69)27-38-19-17-16-18-20-38/h16-24,31-36,41,43-44,46-47H,13-15,25-30,54H2,1-12H3,(H4-,55,56,57,59,63,64,65,66,68,69)/p+1/t34-,35-,36-,41+,43+,44+,46-,47-,61?/m0/s1. The van der Waals surface area contributed by atoms with Gasteiger partial charge in [-0.05, 0) is 61.6 Å². The van der Waals surface area contributed by atoms with Crippen LogP contribution < -0.4 is 27.0 Å². The van der Waals surface area contributed by atoms with Crippen molar-refractivity contribution in [1.82, 2.24) is 25.8 Å². The summed E-state index contributed by atoms with van der Waals surface area (Å²) in [4.78, 5) is 98.3. The van der Waals surface area contributed by atoms with Crippen LogP contribution in [0.5, 0.6) is 0 Å². The summed E-state index contributed by atoms with van der Waals surface area (Å²) in [7, 11) is 3.71. The van der Waals surface area contributed by atoms with Crippen molar-refractivity contribution in [1.29, 1.82) is 0 Å². The number of carbonyl (C=O) groups excluding carboxylic acids is 6. The number of quaternary nitrogens is 1. The number of carboxylic acids is 1. The summed E-state index contributed by atoms with van der Waals surface area (Å²) in [6.07, 6.45) is 2.27. The fraction of sp³-hybridized carbons (Fsp3) is 0.585. The third kappa shape index (κ3) is 19.1. The van der Waals surface area contributed by atoms with Crippen LogP contribution in [-0.2, 0) is 46.5 Å². The molecule has 0 fully saturated rings. The number of amides is 5. The topological polar surface area (TPSA) is 239 Å². The number of carbonyl (C=O) groups is 7. The van der Waals surface area contributed by atoms with E-state index in [9.17, 15) is 38.7 Å². The lowest BCUT2D eigenvalue weighted by molar-refractivity contribution is -0.915. The van der Waals surface area contributed by atoms with E-state index in [0.29, 0.717) is 41.1 Å². The molecule has 0 saturated carbocycles. The predicted octanol–water partition coefficient (Wildman–Crippen LogP) is 6.48. The third-order valence-corrected chi connectivity index (χ3v) is 14.0. The van der Waals surface area contributed by atoms with Crippen LogP contribution in [-0.4, -0.2) is 118 Å². The zero-order valence-electron chi connectivity index (χ0n) is 44.0. The van der Waals surface area contributed by atoms with Crippen LogP contribution in [0.4, 0.5) is 5.69 Å². The molecule has 7 N–H and O–H groups in total. The number of ether oxygens (including phenoxy) is 1. The van der Waals surface area contributed by atoms with Gasteiger partial charge in [0.1, 0.15) is 29.3 Å². The van der Waals surface area contributed by atoms with Gasteiger partial charge in [-0.15, -0.1) is 11.3 Å². The molecule has 0 aliphatic heterocycles. The number of hydrogen-bond donors (Lipinski definition) is 6. The number of thiazole rings is 1. The SMILES string of the molecule is CCCC[N+](C)(CC(=O)N[C@H](C(=O)N(C)[C@H](C[C@@H](OC(C)=O)c1nc(C(=O)N[C@@H](Cc2ccccc2)C[C@H](C)C(=O)O)cs1)C(C)C)[C@@H](C)CC)Cc1ccc(NC(=O)[C@H](C)NC(=O)[C@@H](N)C(C)C)cc1. The molecule has 1 heterocycles. The zero-order valence-corrected chi connectivity index (χ0v) is 44.8. The summed E-state index contributed by atoms with van der Waals surface area (Å²) >= 11 is 1.15. The highest BCUT2D eigenvalue weighted by molar-refractivity contribution is 7.09. The van der Waals surface area contributed by atoms with E-state index in [4.69, 9.17) is 10.5 Å². The number of rotatable bonds is 29. The third-order valence-electron chi connectivity index (χ3n) is 13.1. The van der Waals surface area contributed by atoms with Crippen molar-refractivity contribution in [2.45, 2.75) is 151 Å². The molecule has 1 unspecified atom stereocenters. The lowest BCUT2D eigenvalue weighted by Crippen LogP contribution is -2.57. The van der Waals surface area contributed by atoms with Gasteiger partial charge in [-0.2, -0.15) is 0 Å². The number of nitrogens with one attached hydrogen (secondary N) is 4. The minimum Gasteiger partial charge on any atom is -0.481 e. The minimum absolute atomic E-state index is 0.0777. The van der Waals surface area contributed by atoms with Gasteiger partial charge in [-0.25, -0.2) is 4.98 Å². The van der Waals surface area contributed by atoms with Gasteiger partial charge in [0.2, 0.25) is 17.7 Å². The molecule has 17 nitrogen and oxygen atoms in total. The van der Waals surface area contributed by atoms with Crippen molar-refractivity contribution in [2.24, 2.45) is 29.4 Å². The number of aliphatic carboxylic acids is 1. The Hall–Kier alpha value is -5.72. The molecule has 71 heavy (non-hydrogen) atoms. The average molecular weight is 1010 g/mol. The second kappa shape index (κ2) is 28.4. The van der Waals surface area contributed by atoms with E-state index >= 15 is 0 Å². The number of hydrogen-bond acceptors (Lipinski definition) is 11. The van der Waals surface area contributed by atoms with Crippen LogP contribution in [0.25, 0.3) is 0 Å². The normalized spacial score (nSPS) is 15.7. The molecule has 5 amide bonds. The van der Waals surface area contributed by atoms with E-state index in [-0.39, 0.29) is 60.6 Å². The maximum Gasteiger partial charge on any atom is 0.306 e. The van der Waals surface area contributed by atoms with Crippen molar-refractivity contribution in [2.75, 3.05) is 32.5 Å². The summed E-state index contributed by atoms with van der Waals surface area (Å²) in [5, 5.41) is 23.2. The zero-order chi connectivity index (χ0) is 53.2. The fourth-order valence-corrected chi connectivity index (χ4v) is 9.20. The molecule has 9 atom stereocenters. The number of benzene rings is 2. The first-order valence-corrected chi connectivity index (χ1v) is 25.8. The summed E-state index contributed by atoms with van der Waals surface area (Å²) in [6, 6.07) is 13.5. The van der Waals surface area contributed by atoms with E-state index in [1.54, 1.807) is 43.3 Å². The van der Waals surface area contributed by atoms with E-state index in [1.807, 2.05) is 91.1 Å². The molecule has 0 radical (unpaired) electrons. The Morgan fingerprint density at radius 3 is 2.06 bits per heavy atom. The molecule has 392 valence electrons. The van der Waals surface area contributed by atoms with Gasteiger partial charge in [-0.1, -0.05) is 111 Å². The number of nitrogens with zero attached hydrogens (tertiary/aromatic N) is 3. The molecule has 3 rings (SSSR count). The highest BCUT2D eigenvalue weighted by atomic mass is 32.1. The van der Waals surface area contributed by atoms with E-state index < -0.39 is 66.0 Å². The monoisotopic (exact) mass is 1010 g/mol. The quantitative estimate of drug-likeness (QED) is 0.0325. The molecule has 0 aliphatic rings. The van der Waals surface area contributed by atoms with Crippen molar-refractivity contribution >= 4 is 58.5 Å². The first-order chi connectivity index (χ1) is 33.4. The number of carboxylic acid groups (broad SMARTS) is 1. The lowest BCUT2D eigenvalue weighted by Gasteiger charge is -2.38. The Labute approximate surface area is 425 Å². The van der Waals surface area contributed by atoms with Gasteiger partial charge in [0.05, 0.1) is 25.6 Å². The van der Waals surface area contributed by atoms with Crippen LogP contribution in [0, 0.1) is 23.7 Å². The van der Waals surface area contributed by atoms with Crippen LogP contribution in [0.3, 0.4) is 0 Å². The summed E-state index contributed by atoms with van der Waals surface area (Å²) in [5.74, 6) is -4.49. The molecule has 18 heteroatoms. The number of aromatic nitrogens is 1. The van der Waals surface area contributed by atoms with Crippen LogP contribution in [0.1, 0.15) is 134 Å². The molecule has 3 aromatic rings. The van der Waals surface area contributed by atoms with E-state index in [2.05, 4.69) is 33.2 Å².